The Morgan fingerprint density at radius 2 is 1.94 bits per heavy atom. The molecule has 1 atom stereocenters. The van der Waals surface area contributed by atoms with Crippen LogP contribution >= 0.6 is 6.21 Å². The first kappa shape index (κ1) is 15.5. The first-order valence-electron chi connectivity index (χ1n) is 6.01. The summed E-state index contributed by atoms with van der Waals surface area (Å²) in [6, 6.07) is 9.40. The fourth-order valence-corrected chi connectivity index (χ4v) is 8.41. The van der Waals surface area contributed by atoms with Gasteiger partial charge >= 0.3 is 115 Å². The molecule has 100 valence electrons. The fraction of sp³-hybridized carbons (Fsp3) is 0.385. The molecule has 0 fully saturated rings. The van der Waals surface area contributed by atoms with Crippen LogP contribution in [0.15, 0.2) is 43.0 Å². The number of hydrogen-bond acceptors (Lipinski definition) is 2. The van der Waals surface area contributed by atoms with Gasteiger partial charge in [0.25, 0.3) is 0 Å². The summed E-state index contributed by atoms with van der Waals surface area (Å²) in [6.45, 7) is 9.19. The molecule has 0 heterocycles. The van der Waals surface area contributed by atoms with E-state index >= 15 is 0 Å². The Hall–Kier alpha value is -0.531. The van der Waals surface area contributed by atoms with E-state index in [0.29, 0.717) is 5.75 Å². The normalized spacial score (nSPS) is 14.2. The van der Waals surface area contributed by atoms with E-state index in [1.54, 1.807) is 0 Å². The van der Waals surface area contributed by atoms with Crippen molar-refractivity contribution in [1.29, 1.82) is 0 Å². The van der Waals surface area contributed by atoms with Crippen LogP contribution in [0.1, 0.15) is 13.8 Å². The summed E-state index contributed by atoms with van der Waals surface area (Å²) >= 11 is -0.101. The maximum absolute atomic E-state index is 13.0. The SMILES string of the molecule is C=CC[Se]P(=O)(Oc1ccccc1)N(CC)CC. The second-order valence-corrected chi connectivity index (χ2v) is 10.8. The fourth-order valence-electron chi connectivity index (χ4n) is 1.50. The molecule has 0 saturated heterocycles. The number of benzene rings is 1. The second-order valence-electron chi connectivity index (χ2n) is 3.60. The van der Waals surface area contributed by atoms with Gasteiger partial charge in [-0.05, 0) is 0 Å². The van der Waals surface area contributed by atoms with Crippen molar-refractivity contribution in [3.05, 3.63) is 43.0 Å². The summed E-state index contributed by atoms with van der Waals surface area (Å²) < 4.78 is 20.7. The Morgan fingerprint density at radius 3 is 2.44 bits per heavy atom. The van der Waals surface area contributed by atoms with Crippen LogP contribution in [0.2, 0.25) is 5.32 Å². The quantitative estimate of drug-likeness (QED) is 0.412. The van der Waals surface area contributed by atoms with Crippen LogP contribution in [-0.4, -0.2) is 32.3 Å². The van der Waals surface area contributed by atoms with E-state index < -0.39 is 6.21 Å². The third-order valence-corrected chi connectivity index (χ3v) is 9.98. The molecule has 18 heavy (non-hydrogen) atoms. The number of allylic oxidation sites excluding steroid dienone is 1. The molecule has 0 radical (unpaired) electrons. The van der Waals surface area contributed by atoms with Crippen LogP contribution in [0.25, 0.3) is 0 Å². The predicted octanol–water partition coefficient (Wildman–Crippen LogP) is 3.82. The van der Waals surface area contributed by atoms with Gasteiger partial charge in [-0.25, -0.2) is 0 Å². The molecule has 5 heteroatoms. The summed E-state index contributed by atoms with van der Waals surface area (Å²) in [7, 11) is 0. The molecule has 1 unspecified atom stereocenters. The second kappa shape index (κ2) is 7.81. The molecular weight excluding hydrogens is 312 g/mol. The number of hydrogen-bond donors (Lipinski definition) is 0. The van der Waals surface area contributed by atoms with E-state index in [-0.39, 0.29) is 14.5 Å². The zero-order chi connectivity index (χ0) is 13.4. The van der Waals surface area contributed by atoms with E-state index in [0.717, 1.165) is 18.4 Å². The van der Waals surface area contributed by atoms with Gasteiger partial charge in [-0.3, -0.25) is 0 Å². The van der Waals surface area contributed by atoms with Gasteiger partial charge in [-0.1, -0.05) is 0 Å². The summed E-state index contributed by atoms with van der Waals surface area (Å²) in [6.07, 6.45) is -0.933. The minimum atomic E-state index is -2.74. The molecule has 0 aliphatic heterocycles. The first-order valence-corrected chi connectivity index (χ1v) is 11.0. The van der Waals surface area contributed by atoms with Gasteiger partial charge in [0.1, 0.15) is 0 Å². The molecule has 0 saturated carbocycles. The van der Waals surface area contributed by atoms with Crippen molar-refractivity contribution in [2.24, 2.45) is 0 Å². The number of para-hydroxylation sites is 1. The van der Waals surface area contributed by atoms with E-state index in [1.807, 2.05) is 54.9 Å². The monoisotopic (exact) mass is 333 g/mol. The maximum atomic E-state index is 13.0. The molecule has 0 aliphatic carbocycles. The molecule has 0 N–H and O–H groups in total. The van der Waals surface area contributed by atoms with Crippen molar-refractivity contribution in [3.8, 4) is 5.75 Å². The minimum absolute atomic E-state index is 0.101. The van der Waals surface area contributed by atoms with Crippen molar-refractivity contribution < 1.29 is 9.09 Å². The van der Waals surface area contributed by atoms with Crippen molar-refractivity contribution >= 4 is 20.7 Å². The molecule has 1 aromatic rings. The van der Waals surface area contributed by atoms with Crippen LogP contribution in [0.5, 0.6) is 5.75 Å². The molecule has 0 aromatic heterocycles. The third-order valence-electron chi connectivity index (χ3n) is 2.40. The van der Waals surface area contributed by atoms with Gasteiger partial charge in [-0.15, -0.1) is 0 Å². The van der Waals surface area contributed by atoms with Gasteiger partial charge < -0.3 is 0 Å². The summed E-state index contributed by atoms with van der Waals surface area (Å²) in [5.41, 5.74) is 0. The van der Waals surface area contributed by atoms with Gasteiger partial charge in [0, 0.05) is 0 Å². The van der Waals surface area contributed by atoms with Crippen molar-refractivity contribution in [3.63, 3.8) is 0 Å². The van der Waals surface area contributed by atoms with Crippen LogP contribution in [0.3, 0.4) is 0 Å². The molecule has 1 rings (SSSR count). The van der Waals surface area contributed by atoms with E-state index in [1.165, 1.54) is 0 Å². The number of nitrogens with zero attached hydrogens (tertiary/aromatic N) is 1. The van der Waals surface area contributed by atoms with Gasteiger partial charge in [0.05, 0.1) is 0 Å². The molecule has 0 bridgehead atoms. The van der Waals surface area contributed by atoms with E-state index in [4.69, 9.17) is 4.52 Å². The standard InChI is InChI=1S/C13H20NO2PSe/c1-4-12-18-17(15,14(5-2)6-3)16-13-10-8-7-9-11-13/h4,7-11H,1,5-6,12H2,2-3H3. The molecule has 0 aliphatic rings. The molecule has 1 aromatic carbocycles. The van der Waals surface area contributed by atoms with Crippen LogP contribution in [0.4, 0.5) is 0 Å². The van der Waals surface area contributed by atoms with Crippen molar-refractivity contribution in [2.75, 3.05) is 13.1 Å². The van der Waals surface area contributed by atoms with Gasteiger partial charge in [-0.2, -0.15) is 0 Å². The third kappa shape index (κ3) is 4.29. The van der Waals surface area contributed by atoms with Crippen molar-refractivity contribution in [2.45, 2.75) is 19.2 Å². The molecular formula is C13H20NO2PSe. The Balaban J connectivity index is 2.90. The zero-order valence-electron chi connectivity index (χ0n) is 10.9. The Morgan fingerprint density at radius 1 is 1.33 bits per heavy atom. The summed E-state index contributed by atoms with van der Waals surface area (Å²) in [5, 5.41) is 0.758. The van der Waals surface area contributed by atoms with E-state index in [9.17, 15) is 4.57 Å². The van der Waals surface area contributed by atoms with Crippen LogP contribution < -0.4 is 4.52 Å². The molecule has 0 amide bonds. The summed E-state index contributed by atoms with van der Waals surface area (Å²) in [4.78, 5) is 0. The van der Waals surface area contributed by atoms with Crippen LogP contribution in [0, 0.1) is 0 Å². The van der Waals surface area contributed by atoms with Crippen LogP contribution in [-0.2, 0) is 4.57 Å². The Labute approximate surface area is 115 Å². The van der Waals surface area contributed by atoms with E-state index in [2.05, 4.69) is 6.58 Å². The zero-order valence-corrected chi connectivity index (χ0v) is 13.5. The molecule has 0 spiro atoms. The summed E-state index contributed by atoms with van der Waals surface area (Å²) in [5.74, 6) is 0.679. The average molecular weight is 332 g/mol. The topological polar surface area (TPSA) is 29.5 Å². The first-order chi connectivity index (χ1) is 8.66. The average Bonchev–Trinajstić information content (AvgIpc) is 2.39. The van der Waals surface area contributed by atoms with Gasteiger partial charge in [0.15, 0.2) is 0 Å². The van der Waals surface area contributed by atoms with Gasteiger partial charge in [0.2, 0.25) is 0 Å². The van der Waals surface area contributed by atoms with Crippen molar-refractivity contribution in [1.82, 2.24) is 4.67 Å². The predicted molar refractivity (Wildman–Crippen MR) is 78.4 cm³/mol. The molecule has 3 nitrogen and oxygen atoms in total. The number of rotatable bonds is 8. The Bertz CT molecular complexity index is 407. The Kier molecular flexibility index (Phi) is 6.73.